The summed E-state index contributed by atoms with van der Waals surface area (Å²) in [5, 5.41) is 1.10. The number of carbonyl (C=O) groups is 2. The smallest absolute Gasteiger partial charge is 0.227 e. The number of rotatable bonds is 8. The lowest BCUT2D eigenvalue weighted by molar-refractivity contribution is -0.135. The number of likely N-dealkylation sites (tertiary alicyclic amines) is 2. The van der Waals surface area contributed by atoms with Crippen molar-refractivity contribution in [1.29, 1.82) is 0 Å². The van der Waals surface area contributed by atoms with Crippen molar-refractivity contribution in [1.82, 2.24) is 9.80 Å². The van der Waals surface area contributed by atoms with Gasteiger partial charge in [0.1, 0.15) is 0 Å². The van der Waals surface area contributed by atoms with Crippen LogP contribution in [0.1, 0.15) is 74.1 Å². The molecular weight excluding hydrogens is 565 g/mol. The minimum absolute atomic E-state index is 0. The van der Waals surface area contributed by atoms with E-state index < -0.39 is 5.41 Å². The van der Waals surface area contributed by atoms with Crippen LogP contribution in [-0.2, 0) is 16.0 Å². The molecule has 2 amide bonds. The first-order chi connectivity index (χ1) is 18.5. The van der Waals surface area contributed by atoms with Gasteiger partial charge in [0.25, 0.3) is 0 Å². The molecule has 0 bridgehead atoms. The Labute approximate surface area is 256 Å². The average molecular weight is 609 g/mol. The van der Waals surface area contributed by atoms with Crippen LogP contribution in [-0.4, -0.2) is 53.8 Å². The topological polar surface area (TPSA) is 66.6 Å². The number of nitrogens with two attached hydrogens (primary N) is 1. The van der Waals surface area contributed by atoms with Crippen molar-refractivity contribution in [2.24, 2.45) is 17.1 Å². The second kappa shape index (κ2) is 13.9. The second-order valence-corrected chi connectivity index (χ2v) is 13.1. The largest absolute Gasteiger partial charge is 0.369 e. The highest BCUT2D eigenvalue weighted by atomic mass is 35.5. The maximum Gasteiger partial charge on any atom is 0.227 e. The molecule has 2 fully saturated rings. The highest BCUT2D eigenvalue weighted by Gasteiger charge is 2.38. The summed E-state index contributed by atoms with van der Waals surface area (Å²) in [7, 11) is 0. The van der Waals surface area contributed by atoms with E-state index in [-0.39, 0.29) is 30.3 Å². The number of primary amides is 1. The number of benzene rings is 2. The van der Waals surface area contributed by atoms with Gasteiger partial charge in [-0.05, 0) is 105 Å². The van der Waals surface area contributed by atoms with Crippen LogP contribution in [0.3, 0.4) is 0 Å². The molecule has 2 aromatic carbocycles. The summed E-state index contributed by atoms with van der Waals surface area (Å²) in [5.74, 6) is 0.534. The van der Waals surface area contributed by atoms with Crippen molar-refractivity contribution >= 4 is 47.4 Å². The summed E-state index contributed by atoms with van der Waals surface area (Å²) in [6.07, 6.45) is 5.23. The van der Waals surface area contributed by atoms with Gasteiger partial charge in [0, 0.05) is 40.5 Å². The molecule has 2 aromatic rings. The zero-order valence-corrected chi connectivity index (χ0v) is 26.5. The monoisotopic (exact) mass is 607 g/mol. The Morgan fingerprint density at radius 3 is 2.20 bits per heavy atom. The van der Waals surface area contributed by atoms with Gasteiger partial charge in [0.2, 0.25) is 11.8 Å². The first-order valence-corrected chi connectivity index (χ1v) is 15.0. The fraction of sp³-hybridized carbons (Fsp3) is 0.562. The molecule has 0 aliphatic carbocycles. The van der Waals surface area contributed by atoms with Crippen LogP contribution in [0.5, 0.6) is 0 Å². The lowest BCUT2D eigenvalue weighted by Gasteiger charge is -2.44. The van der Waals surface area contributed by atoms with Crippen LogP contribution in [0, 0.1) is 25.2 Å². The molecule has 2 aliphatic rings. The van der Waals surface area contributed by atoms with Crippen LogP contribution in [0.4, 0.5) is 0 Å². The molecule has 4 rings (SSSR count). The van der Waals surface area contributed by atoms with Crippen molar-refractivity contribution in [2.45, 2.75) is 78.2 Å². The fourth-order valence-corrected chi connectivity index (χ4v) is 7.06. The summed E-state index contributed by atoms with van der Waals surface area (Å²) in [4.78, 5) is 30.3. The van der Waals surface area contributed by atoms with E-state index >= 15 is 0 Å². The molecular formula is C32H44Cl3N3O2. The SMILES string of the molecule is Cc1ccc(C2CCCN(C(=O)Cc3cc(Cl)cc(Cl)c3)C2CCN2CCC(C(C)(C)C(N)=O)CC2)cc1C.Cl. The molecule has 2 N–H and O–H groups in total. The fourth-order valence-electron chi connectivity index (χ4n) is 6.49. The Morgan fingerprint density at radius 1 is 0.950 bits per heavy atom. The highest BCUT2D eigenvalue weighted by Crippen LogP contribution is 2.38. The third kappa shape index (κ3) is 7.73. The zero-order chi connectivity index (χ0) is 28.3. The van der Waals surface area contributed by atoms with E-state index in [1.165, 1.54) is 16.7 Å². The zero-order valence-electron chi connectivity index (χ0n) is 24.2. The van der Waals surface area contributed by atoms with E-state index in [1.54, 1.807) is 6.07 Å². The van der Waals surface area contributed by atoms with Gasteiger partial charge in [-0.1, -0.05) is 55.2 Å². The maximum atomic E-state index is 13.7. The van der Waals surface area contributed by atoms with Gasteiger partial charge in [0.15, 0.2) is 0 Å². The lowest BCUT2D eigenvalue weighted by Crippen LogP contribution is -2.50. The van der Waals surface area contributed by atoms with Crippen LogP contribution in [0.15, 0.2) is 36.4 Å². The van der Waals surface area contributed by atoms with Crippen LogP contribution < -0.4 is 5.73 Å². The van der Waals surface area contributed by atoms with Gasteiger partial charge < -0.3 is 15.5 Å². The first-order valence-electron chi connectivity index (χ1n) is 14.3. The Bertz CT molecular complexity index is 1170. The lowest BCUT2D eigenvalue weighted by atomic mass is 9.73. The Hall–Kier alpha value is -1.79. The molecule has 0 radical (unpaired) electrons. The molecule has 2 unspecified atom stereocenters. The van der Waals surface area contributed by atoms with E-state index in [4.69, 9.17) is 28.9 Å². The number of aryl methyl sites for hydroxylation is 2. The van der Waals surface area contributed by atoms with Gasteiger partial charge in [-0.2, -0.15) is 0 Å². The summed E-state index contributed by atoms with van der Waals surface area (Å²) >= 11 is 12.5. The van der Waals surface area contributed by atoms with Crippen LogP contribution in [0.2, 0.25) is 10.0 Å². The van der Waals surface area contributed by atoms with E-state index in [9.17, 15) is 9.59 Å². The first kappa shape index (κ1) is 32.7. The van der Waals surface area contributed by atoms with E-state index in [0.29, 0.717) is 28.3 Å². The standard InChI is InChI=1S/C32H43Cl2N3O2.ClH/c1-21-7-8-24(16-22(21)2)28-6-5-12-37(30(38)19-23-17-26(33)20-27(34)18-23)29(28)11-15-36-13-9-25(10-14-36)32(3,4)31(35)39;/h7-8,16-18,20,25,28-29H,5-6,9-15,19H2,1-4H3,(H2,35,39);1H. The summed E-state index contributed by atoms with van der Waals surface area (Å²) in [6.45, 7) is 11.9. The number of nitrogens with zero attached hydrogens (tertiary/aromatic N) is 2. The van der Waals surface area contributed by atoms with Crippen molar-refractivity contribution in [3.8, 4) is 0 Å². The third-order valence-corrected chi connectivity index (χ3v) is 9.76. The predicted molar refractivity (Wildman–Crippen MR) is 168 cm³/mol. The van der Waals surface area contributed by atoms with Gasteiger partial charge in [-0.3, -0.25) is 9.59 Å². The van der Waals surface area contributed by atoms with Crippen molar-refractivity contribution in [3.05, 3.63) is 68.7 Å². The minimum Gasteiger partial charge on any atom is -0.369 e. The highest BCUT2D eigenvalue weighted by molar-refractivity contribution is 6.34. The third-order valence-electron chi connectivity index (χ3n) is 9.32. The number of hydrogen-bond acceptors (Lipinski definition) is 3. The van der Waals surface area contributed by atoms with Gasteiger partial charge >= 0.3 is 0 Å². The van der Waals surface area contributed by atoms with E-state index in [1.807, 2.05) is 26.0 Å². The van der Waals surface area contributed by atoms with Crippen molar-refractivity contribution < 1.29 is 9.59 Å². The molecule has 0 saturated carbocycles. The molecule has 8 heteroatoms. The molecule has 2 atom stereocenters. The Morgan fingerprint density at radius 2 is 1.60 bits per heavy atom. The number of amides is 2. The van der Waals surface area contributed by atoms with Gasteiger partial charge in [-0.15, -0.1) is 12.4 Å². The molecule has 0 aromatic heterocycles. The molecule has 2 heterocycles. The second-order valence-electron chi connectivity index (χ2n) is 12.2. The van der Waals surface area contributed by atoms with Crippen LogP contribution in [0.25, 0.3) is 0 Å². The summed E-state index contributed by atoms with van der Waals surface area (Å²) in [6, 6.07) is 12.3. The van der Waals surface area contributed by atoms with Crippen molar-refractivity contribution in [2.75, 3.05) is 26.2 Å². The molecule has 220 valence electrons. The normalized spacial score (nSPS) is 20.7. The minimum atomic E-state index is -0.476. The maximum absolute atomic E-state index is 13.7. The molecule has 40 heavy (non-hydrogen) atoms. The number of hydrogen-bond donors (Lipinski definition) is 1. The number of carbonyl (C=O) groups excluding carboxylic acids is 2. The predicted octanol–water partition coefficient (Wildman–Crippen LogP) is 6.96. The average Bonchev–Trinajstić information content (AvgIpc) is 2.88. The number of halogens is 3. The van der Waals surface area contributed by atoms with E-state index in [0.717, 1.165) is 63.8 Å². The van der Waals surface area contributed by atoms with Gasteiger partial charge in [-0.25, -0.2) is 0 Å². The van der Waals surface area contributed by atoms with Crippen molar-refractivity contribution in [3.63, 3.8) is 0 Å². The Balaban J connectivity index is 0.00000441. The van der Waals surface area contributed by atoms with Crippen LogP contribution >= 0.6 is 35.6 Å². The molecule has 0 spiro atoms. The summed E-state index contributed by atoms with van der Waals surface area (Å²) < 4.78 is 0. The Kier molecular flexibility index (Phi) is 11.4. The molecule has 2 saturated heterocycles. The van der Waals surface area contributed by atoms with Gasteiger partial charge in [0.05, 0.1) is 6.42 Å². The number of piperidine rings is 2. The quantitative estimate of drug-likeness (QED) is 0.352. The molecule has 2 aliphatic heterocycles. The van der Waals surface area contributed by atoms with E-state index in [2.05, 4.69) is 41.8 Å². The summed E-state index contributed by atoms with van der Waals surface area (Å²) in [5.41, 5.74) is 9.98. The molecule has 5 nitrogen and oxygen atoms in total.